The number of carbonyl (C=O) groups excluding carboxylic acids is 1. The Morgan fingerprint density at radius 2 is 2.16 bits per heavy atom. The number of thioether (sulfide) groups is 1. The van der Waals surface area contributed by atoms with Crippen LogP contribution in [-0.4, -0.2) is 39.2 Å². The highest BCUT2D eigenvalue weighted by atomic mass is 32.2. The maximum atomic E-state index is 12.1. The van der Waals surface area contributed by atoms with Crippen LogP contribution in [0, 0.1) is 0 Å². The lowest BCUT2D eigenvalue weighted by molar-refractivity contribution is -0.118. The molecule has 25 heavy (non-hydrogen) atoms. The fourth-order valence-corrected chi connectivity index (χ4v) is 3.35. The Labute approximate surface area is 151 Å². The maximum absolute atomic E-state index is 12.1. The number of hydrogen-bond donors (Lipinski definition) is 2. The van der Waals surface area contributed by atoms with Crippen LogP contribution in [0.4, 0.5) is 0 Å². The number of nitrogens with two attached hydrogens (primary N) is 1. The molecule has 1 amide bonds. The van der Waals surface area contributed by atoms with E-state index in [1.807, 2.05) is 45.0 Å². The van der Waals surface area contributed by atoms with E-state index in [0.29, 0.717) is 17.5 Å². The summed E-state index contributed by atoms with van der Waals surface area (Å²) in [4.78, 5) is 12.1. The maximum Gasteiger partial charge on any atom is 0.230 e. The van der Waals surface area contributed by atoms with Gasteiger partial charge in [-0.3, -0.25) is 4.79 Å². The third-order valence-corrected chi connectivity index (χ3v) is 4.85. The van der Waals surface area contributed by atoms with E-state index in [0.717, 1.165) is 12.2 Å². The molecule has 0 radical (unpaired) electrons. The number of rotatable bonds is 5. The molecule has 2 heterocycles. The number of aromatic nitrogens is 3. The Morgan fingerprint density at radius 3 is 2.84 bits per heavy atom. The number of fused-ring (bicyclic) bond motifs is 1. The number of para-hydroxylation sites is 1. The average Bonchev–Trinajstić information content (AvgIpc) is 3.13. The van der Waals surface area contributed by atoms with E-state index in [1.54, 1.807) is 0 Å². The zero-order valence-corrected chi connectivity index (χ0v) is 15.5. The lowest BCUT2D eigenvalue weighted by atomic mass is 9.96. The van der Waals surface area contributed by atoms with Gasteiger partial charge in [0.15, 0.2) is 5.82 Å². The van der Waals surface area contributed by atoms with E-state index in [9.17, 15) is 4.79 Å². The first-order chi connectivity index (χ1) is 11.8. The molecule has 7 nitrogen and oxygen atoms in total. The number of hydrogen-bond acceptors (Lipinski definition) is 6. The number of benzene rings is 1. The van der Waals surface area contributed by atoms with Crippen molar-refractivity contribution in [3.05, 3.63) is 35.7 Å². The molecule has 134 valence electrons. The summed E-state index contributed by atoms with van der Waals surface area (Å²) in [7, 11) is 0. The Balaban J connectivity index is 1.46. The average molecular weight is 361 g/mol. The van der Waals surface area contributed by atoms with Gasteiger partial charge in [-0.05, 0) is 11.6 Å². The second-order valence-electron chi connectivity index (χ2n) is 7.07. The predicted molar refractivity (Wildman–Crippen MR) is 97.2 cm³/mol. The van der Waals surface area contributed by atoms with Crippen LogP contribution in [0.2, 0.25) is 0 Å². The smallest absolute Gasteiger partial charge is 0.230 e. The molecule has 0 bridgehead atoms. The topological polar surface area (TPSA) is 95.1 Å². The predicted octanol–water partition coefficient (Wildman–Crippen LogP) is 1.50. The number of nitrogens with one attached hydrogen (secondary N) is 1. The van der Waals surface area contributed by atoms with Crippen molar-refractivity contribution in [2.24, 2.45) is 0 Å². The van der Waals surface area contributed by atoms with Gasteiger partial charge in [-0.25, -0.2) is 4.68 Å². The summed E-state index contributed by atoms with van der Waals surface area (Å²) in [6.07, 6.45) is 0.798. The normalized spacial score (nSPS) is 16.4. The summed E-state index contributed by atoms with van der Waals surface area (Å²) in [5.74, 6) is 7.77. The van der Waals surface area contributed by atoms with E-state index < -0.39 is 0 Å². The van der Waals surface area contributed by atoms with Gasteiger partial charge in [0.1, 0.15) is 11.9 Å². The summed E-state index contributed by atoms with van der Waals surface area (Å²) < 4.78 is 7.27. The number of nitrogens with zero attached hydrogens (tertiary/aromatic N) is 3. The molecule has 1 aromatic heterocycles. The summed E-state index contributed by atoms with van der Waals surface area (Å²) in [5.41, 5.74) is 0.986. The highest BCUT2D eigenvalue weighted by Crippen LogP contribution is 2.27. The molecule has 1 aliphatic heterocycles. The van der Waals surface area contributed by atoms with E-state index >= 15 is 0 Å². The molecule has 1 unspecified atom stereocenters. The van der Waals surface area contributed by atoms with Crippen LogP contribution in [0.15, 0.2) is 29.4 Å². The van der Waals surface area contributed by atoms with Gasteiger partial charge >= 0.3 is 0 Å². The van der Waals surface area contributed by atoms with Crippen LogP contribution >= 0.6 is 11.8 Å². The lowest BCUT2D eigenvalue weighted by Gasteiger charge is -2.16. The third-order valence-electron chi connectivity index (χ3n) is 3.91. The zero-order chi connectivity index (χ0) is 18.0. The molecule has 1 aliphatic rings. The van der Waals surface area contributed by atoms with Gasteiger partial charge in [-0.1, -0.05) is 50.7 Å². The lowest BCUT2D eigenvalue weighted by Crippen LogP contribution is -2.35. The first-order valence-electron chi connectivity index (χ1n) is 8.19. The molecule has 3 rings (SSSR count). The van der Waals surface area contributed by atoms with Crippen LogP contribution in [-0.2, 0) is 16.6 Å². The van der Waals surface area contributed by atoms with Gasteiger partial charge in [-0.15, -0.1) is 10.2 Å². The molecule has 0 fully saturated rings. The van der Waals surface area contributed by atoms with Crippen molar-refractivity contribution in [2.75, 3.05) is 18.1 Å². The van der Waals surface area contributed by atoms with E-state index in [4.69, 9.17) is 10.6 Å². The van der Waals surface area contributed by atoms with Crippen LogP contribution in [0.3, 0.4) is 0 Å². The van der Waals surface area contributed by atoms with E-state index in [-0.39, 0.29) is 23.2 Å². The molecule has 8 heteroatoms. The highest BCUT2D eigenvalue weighted by molar-refractivity contribution is 7.99. The first-order valence-corrected chi connectivity index (χ1v) is 9.18. The van der Waals surface area contributed by atoms with Gasteiger partial charge in [0.05, 0.1) is 12.3 Å². The van der Waals surface area contributed by atoms with Crippen LogP contribution in [0.5, 0.6) is 5.75 Å². The molecule has 3 N–H and O–H groups in total. The molecule has 0 spiro atoms. The second-order valence-corrected chi connectivity index (χ2v) is 8.01. The minimum Gasteiger partial charge on any atom is -0.488 e. The Bertz CT molecular complexity index is 744. The van der Waals surface area contributed by atoms with Crippen molar-refractivity contribution in [3.8, 4) is 5.75 Å². The van der Waals surface area contributed by atoms with Crippen molar-refractivity contribution in [1.82, 2.24) is 20.2 Å². The molecular formula is C17H23N5O2S. The van der Waals surface area contributed by atoms with Gasteiger partial charge < -0.3 is 15.9 Å². The van der Waals surface area contributed by atoms with Gasteiger partial charge in [-0.2, -0.15) is 0 Å². The summed E-state index contributed by atoms with van der Waals surface area (Å²) >= 11 is 1.27. The minimum absolute atomic E-state index is 0.0167. The minimum atomic E-state index is -0.197. The molecule has 1 aromatic carbocycles. The first kappa shape index (κ1) is 17.6. The molecule has 2 aromatic rings. The van der Waals surface area contributed by atoms with Gasteiger partial charge in [0, 0.05) is 11.8 Å². The van der Waals surface area contributed by atoms with Crippen LogP contribution < -0.4 is 15.9 Å². The van der Waals surface area contributed by atoms with E-state index in [2.05, 4.69) is 15.5 Å². The number of amides is 1. The summed E-state index contributed by atoms with van der Waals surface area (Å²) in [6.45, 7) is 6.53. The fourth-order valence-electron chi connectivity index (χ4n) is 2.66. The highest BCUT2D eigenvalue weighted by Gasteiger charge is 2.24. The molecule has 0 saturated heterocycles. The van der Waals surface area contributed by atoms with Crippen molar-refractivity contribution >= 4 is 17.7 Å². The van der Waals surface area contributed by atoms with Crippen molar-refractivity contribution in [1.29, 1.82) is 0 Å². The number of ether oxygens (including phenoxy) is 1. The Kier molecular flexibility index (Phi) is 4.89. The standard InChI is InChI=1S/C17H23N5O2S/c1-17(2,3)15-20-21-16(22(15)18)25-10-14(23)19-9-12-8-11-6-4-5-7-13(11)24-12/h4-7,12H,8-10,18H2,1-3H3,(H,19,23). The Morgan fingerprint density at radius 1 is 1.40 bits per heavy atom. The third kappa shape index (κ3) is 4.07. The SMILES string of the molecule is CC(C)(C)c1nnc(SCC(=O)NCC2Cc3ccccc3O2)n1N. The van der Waals surface area contributed by atoms with Crippen LogP contribution in [0.1, 0.15) is 32.2 Å². The van der Waals surface area contributed by atoms with E-state index in [1.165, 1.54) is 22.0 Å². The summed E-state index contributed by atoms with van der Waals surface area (Å²) in [5, 5.41) is 11.6. The number of carbonyl (C=O) groups is 1. The van der Waals surface area contributed by atoms with Gasteiger partial charge in [0.25, 0.3) is 0 Å². The largest absolute Gasteiger partial charge is 0.488 e. The number of nitrogen functional groups attached to an aromatic ring is 1. The monoisotopic (exact) mass is 361 g/mol. The quantitative estimate of drug-likeness (QED) is 0.619. The molecular weight excluding hydrogens is 338 g/mol. The zero-order valence-electron chi connectivity index (χ0n) is 14.7. The van der Waals surface area contributed by atoms with Gasteiger partial charge in [0.2, 0.25) is 11.1 Å². The van der Waals surface area contributed by atoms with Crippen molar-refractivity contribution < 1.29 is 9.53 Å². The fraction of sp³-hybridized carbons (Fsp3) is 0.471. The van der Waals surface area contributed by atoms with Crippen molar-refractivity contribution in [2.45, 2.75) is 43.9 Å². The molecule has 0 saturated carbocycles. The Hall–Kier alpha value is -2.22. The second kappa shape index (κ2) is 6.95. The van der Waals surface area contributed by atoms with Crippen molar-refractivity contribution in [3.63, 3.8) is 0 Å². The molecule has 0 aliphatic carbocycles. The molecule has 1 atom stereocenters. The van der Waals surface area contributed by atoms with Crippen LogP contribution in [0.25, 0.3) is 0 Å². The summed E-state index contributed by atoms with van der Waals surface area (Å²) in [6, 6.07) is 7.95.